The monoisotopic (exact) mass is 626 g/mol. The van der Waals surface area contributed by atoms with Crippen LogP contribution in [0.15, 0.2) is 186 Å². The van der Waals surface area contributed by atoms with Crippen LogP contribution in [0.1, 0.15) is 0 Å². The summed E-state index contributed by atoms with van der Waals surface area (Å²) in [6.07, 6.45) is 0. The van der Waals surface area contributed by atoms with Gasteiger partial charge in [0.2, 0.25) is 0 Å². The number of rotatable bonds is 5. The van der Waals surface area contributed by atoms with Crippen LogP contribution < -0.4 is 4.90 Å². The van der Waals surface area contributed by atoms with Gasteiger partial charge < -0.3 is 13.9 Å². The van der Waals surface area contributed by atoms with E-state index in [0.29, 0.717) is 0 Å². The molecule has 0 fully saturated rings. The second kappa shape index (κ2) is 11.0. The van der Waals surface area contributed by atoms with E-state index in [1.807, 2.05) is 0 Å². The maximum Gasteiger partial charge on any atom is 0.137 e. The van der Waals surface area contributed by atoms with Gasteiger partial charge in [0.25, 0.3) is 0 Å². The minimum absolute atomic E-state index is 0.869. The lowest BCUT2D eigenvalue weighted by Crippen LogP contribution is -2.09. The van der Waals surface area contributed by atoms with E-state index < -0.39 is 0 Å². The quantitative estimate of drug-likeness (QED) is 0.190. The van der Waals surface area contributed by atoms with Crippen molar-refractivity contribution >= 4 is 71.6 Å². The van der Waals surface area contributed by atoms with Gasteiger partial charge in [-0.2, -0.15) is 0 Å². The van der Waals surface area contributed by atoms with Crippen molar-refractivity contribution in [2.24, 2.45) is 0 Å². The Morgan fingerprint density at radius 3 is 1.88 bits per heavy atom. The number of nitrogens with zero attached hydrogens (tertiary/aromatic N) is 2. The van der Waals surface area contributed by atoms with Gasteiger partial charge in [0.15, 0.2) is 0 Å². The summed E-state index contributed by atoms with van der Waals surface area (Å²) in [4.78, 5) is 2.27. The molecule has 0 aliphatic heterocycles. The van der Waals surface area contributed by atoms with Gasteiger partial charge in [0, 0.05) is 55.9 Å². The second-order valence-electron chi connectivity index (χ2n) is 12.6. The molecule has 0 aliphatic carbocycles. The summed E-state index contributed by atoms with van der Waals surface area (Å²) in [5.41, 5.74) is 11.0. The maximum absolute atomic E-state index is 6.62. The van der Waals surface area contributed by atoms with Gasteiger partial charge in [-0.05, 0) is 83.1 Å². The molecule has 0 saturated heterocycles. The van der Waals surface area contributed by atoms with E-state index in [2.05, 4.69) is 191 Å². The highest BCUT2D eigenvalue weighted by molar-refractivity contribution is 6.20. The Hall–Kier alpha value is -6.58. The molecule has 0 radical (unpaired) electrons. The van der Waals surface area contributed by atoms with Crippen LogP contribution in [0.5, 0.6) is 0 Å². The summed E-state index contributed by atoms with van der Waals surface area (Å²) in [7, 11) is 0. The summed E-state index contributed by atoms with van der Waals surface area (Å²) in [6, 6.07) is 64.8. The van der Waals surface area contributed by atoms with Gasteiger partial charge in [-0.1, -0.05) is 109 Å². The standard InChI is InChI=1S/C46H30N2O/c1-4-13-33(14-5-1)47(34-15-6-2-7-16-34)36-26-27-40-44(30-36)49-43-28-25-31-23-24-32(29-41(31)45(40)43)37-20-12-21-39-38-19-10-11-22-42(38)48(46(37)39)35-17-8-3-9-18-35/h1-30H. The Bertz CT molecular complexity index is 2770. The van der Waals surface area contributed by atoms with Crippen LogP contribution in [-0.2, 0) is 0 Å². The minimum atomic E-state index is 0.869. The van der Waals surface area contributed by atoms with Gasteiger partial charge in [-0.15, -0.1) is 0 Å². The van der Waals surface area contributed by atoms with E-state index >= 15 is 0 Å². The van der Waals surface area contributed by atoms with Gasteiger partial charge in [-0.3, -0.25) is 0 Å². The molecule has 0 atom stereocenters. The highest BCUT2D eigenvalue weighted by Crippen LogP contribution is 2.43. The molecule has 10 aromatic rings. The Balaban J connectivity index is 1.19. The first kappa shape index (κ1) is 27.5. The SMILES string of the molecule is c1ccc(N(c2ccccc2)c2ccc3c(c2)oc2ccc4ccc(-c5cccc6c7ccccc7n(-c7ccccc7)c56)cc4c23)cc1. The zero-order valence-corrected chi connectivity index (χ0v) is 26.6. The van der Waals surface area contributed by atoms with E-state index in [9.17, 15) is 0 Å². The third-order valence-electron chi connectivity index (χ3n) is 9.74. The molecule has 0 bridgehead atoms. The first-order valence-corrected chi connectivity index (χ1v) is 16.7. The average Bonchev–Trinajstić information content (AvgIpc) is 3.72. The zero-order chi connectivity index (χ0) is 32.3. The highest BCUT2D eigenvalue weighted by atomic mass is 16.3. The summed E-state index contributed by atoms with van der Waals surface area (Å²) in [5, 5.41) is 7.13. The first-order valence-electron chi connectivity index (χ1n) is 16.7. The van der Waals surface area contributed by atoms with Crippen LogP contribution in [0.25, 0.3) is 71.3 Å². The van der Waals surface area contributed by atoms with Gasteiger partial charge >= 0.3 is 0 Å². The first-order chi connectivity index (χ1) is 24.3. The van der Waals surface area contributed by atoms with E-state index in [1.165, 1.54) is 43.7 Å². The Labute approximate surface area is 283 Å². The number of hydrogen-bond acceptors (Lipinski definition) is 2. The lowest BCUT2D eigenvalue weighted by atomic mass is 9.96. The Kier molecular flexibility index (Phi) is 6.18. The van der Waals surface area contributed by atoms with E-state index in [0.717, 1.165) is 44.7 Å². The molecule has 0 N–H and O–H groups in total. The van der Waals surface area contributed by atoms with Gasteiger partial charge in [0.1, 0.15) is 11.2 Å². The molecule has 2 aromatic heterocycles. The van der Waals surface area contributed by atoms with Crippen molar-refractivity contribution in [1.29, 1.82) is 0 Å². The fourth-order valence-corrected chi connectivity index (χ4v) is 7.59. The van der Waals surface area contributed by atoms with Crippen LogP contribution >= 0.6 is 0 Å². The summed E-state index contributed by atoms with van der Waals surface area (Å²) in [5.74, 6) is 0. The van der Waals surface area contributed by atoms with E-state index in [1.54, 1.807) is 0 Å². The predicted octanol–water partition coefficient (Wildman–Crippen LogP) is 13.0. The number of benzene rings is 8. The summed E-state index contributed by atoms with van der Waals surface area (Å²) < 4.78 is 9.03. The number of furan rings is 1. The van der Waals surface area contributed by atoms with Crippen molar-refractivity contribution in [3.05, 3.63) is 182 Å². The molecule has 2 heterocycles. The highest BCUT2D eigenvalue weighted by Gasteiger charge is 2.19. The molecule has 0 amide bonds. The number of para-hydroxylation sites is 5. The molecule has 8 aromatic carbocycles. The minimum Gasteiger partial charge on any atom is -0.456 e. The molecule has 0 spiro atoms. The molecular formula is C46H30N2O. The summed E-state index contributed by atoms with van der Waals surface area (Å²) in [6.45, 7) is 0. The molecule has 230 valence electrons. The molecule has 10 rings (SSSR count). The van der Waals surface area contributed by atoms with Crippen molar-refractivity contribution in [3.63, 3.8) is 0 Å². The molecule has 49 heavy (non-hydrogen) atoms. The van der Waals surface area contributed by atoms with Crippen LogP contribution in [0.3, 0.4) is 0 Å². The largest absolute Gasteiger partial charge is 0.456 e. The summed E-state index contributed by atoms with van der Waals surface area (Å²) >= 11 is 0. The van der Waals surface area contributed by atoms with Crippen molar-refractivity contribution in [2.45, 2.75) is 0 Å². The van der Waals surface area contributed by atoms with Crippen molar-refractivity contribution < 1.29 is 4.42 Å². The second-order valence-corrected chi connectivity index (χ2v) is 12.6. The van der Waals surface area contributed by atoms with E-state index in [4.69, 9.17) is 4.42 Å². The third kappa shape index (κ3) is 4.37. The lowest BCUT2D eigenvalue weighted by molar-refractivity contribution is 0.669. The molecule has 0 aliphatic rings. The molecule has 0 unspecified atom stereocenters. The Morgan fingerprint density at radius 2 is 1.10 bits per heavy atom. The maximum atomic E-state index is 6.62. The van der Waals surface area contributed by atoms with Crippen LogP contribution in [-0.4, -0.2) is 4.57 Å². The smallest absolute Gasteiger partial charge is 0.137 e. The van der Waals surface area contributed by atoms with Gasteiger partial charge in [-0.25, -0.2) is 0 Å². The topological polar surface area (TPSA) is 21.3 Å². The molecular weight excluding hydrogens is 597 g/mol. The molecule has 3 heteroatoms. The fraction of sp³-hybridized carbons (Fsp3) is 0. The number of hydrogen-bond donors (Lipinski definition) is 0. The van der Waals surface area contributed by atoms with Gasteiger partial charge in [0.05, 0.1) is 11.0 Å². The average molecular weight is 627 g/mol. The van der Waals surface area contributed by atoms with Crippen molar-refractivity contribution in [1.82, 2.24) is 4.57 Å². The number of fused-ring (bicyclic) bond motifs is 8. The number of aromatic nitrogens is 1. The van der Waals surface area contributed by atoms with Crippen LogP contribution in [0.2, 0.25) is 0 Å². The van der Waals surface area contributed by atoms with Crippen LogP contribution in [0.4, 0.5) is 17.1 Å². The zero-order valence-electron chi connectivity index (χ0n) is 26.6. The van der Waals surface area contributed by atoms with Crippen molar-refractivity contribution in [2.75, 3.05) is 4.90 Å². The number of anilines is 3. The normalized spacial score (nSPS) is 11.7. The van der Waals surface area contributed by atoms with Crippen molar-refractivity contribution in [3.8, 4) is 16.8 Å². The fourth-order valence-electron chi connectivity index (χ4n) is 7.59. The van der Waals surface area contributed by atoms with Crippen LogP contribution in [0, 0.1) is 0 Å². The molecule has 0 saturated carbocycles. The van der Waals surface area contributed by atoms with E-state index in [-0.39, 0.29) is 0 Å². The Morgan fingerprint density at radius 1 is 0.429 bits per heavy atom. The predicted molar refractivity (Wildman–Crippen MR) is 206 cm³/mol. The third-order valence-corrected chi connectivity index (χ3v) is 9.74. The lowest BCUT2D eigenvalue weighted by Gasteiger charge is -2.25. The molecule has 3 nitrogen and oxygen atoms in total.